The predicted molar refractivity (Wildman–Crippen MR) is 93.9 cm³/mol. The molecule has 25 heavy (non-hydrogen) atoms. The van der Waals surface area contributed by atoms with E-state index >= 15 is 0 Å². The Morgan fingerprint density at radius 1 is 1.36 bits per heavy atom. The summed E-state index contributed by atoms with van der Waals surface area (Å²) in [4.78, 5) is 25.9. The molecule has 9 heteroatoms. The molecule has 0 bridgehead atoms. The van der Waals surface area contributed by atoms with E-state index in [-0.39, 0.29) is 24.9 Å². The number of rotatable bonds is 7. The topological polar surface area (TPSA) is 105 Å². The van der Waals surface area contributed by atoms with Gasteiger partial charge in [0.25, 0.3) is 11.8 Å². The van der Waals surface area contributed by atoms with Crippen molar-refractivity contribution < 1.29 is 22.7 Å². The number of carbonyl (C=O) groups is 2. The summed E-state index contributed by atoms with van der Waals surface area (Å²) in [6.45, 7) is 0.956. The highest BCUT2D eigenvalue weighted by atomic mass is 32.2. The Morgan fingerprint density at radius 3 is 2.76 bits per heavy atom. The molecule has 138 valence electrons. The smallest absolute Gasteiger partial charge is 0.253 e. The second-order valence-corrected chi connectivity index (χ2v) is 7.80. The molecule has 2 rings (SSSR count). The number of carbonyl (C=O) groups excluding carboxylic acids is 2. The van der Waals surface area contributed by atoms with Crippen molar-refractivity contribution in [1.82, 2.24) is 9.62 Å². The number of ether oxygens (including phenoxy) is 1. The minimum Gasteiger partial charge on any atom is -0.368 e. The summed E-state index contributed by atoms with van der Waals surface area (Å²) in [6.07, 6.45) is 2.18. The molecular formula is C16H23N3O5S. The summed E-state index contributed by atoms with van der Waals surface area (Å²) in [7, 11) is -1.70. The largest absolute Gasteiger partial charge is 0.368 e. The van der Waals surface area contributed by atoms with Crippen LogP contribution in [-0.2, 0) is 19.6 Å². The Labute approximate surface area is 147 Å². The van der Waals surface area contributed by atoms with E-state index in [4.69, 9.17) is 4.74 Å². The minimum absolute atomic E-state index is 0.135. The molecule has 2 amide bonds. The Bertz CT molecular complexity index is 729. The van der Waals surface area contributed by atoms with Crippen LogP contribution in [0, 0.1) is 0 Å². The van der Waals surface area contributed by atoms with E-state index in [9.17, 15) is 18.0 Å². The van der Waals surface area contributed by atoms with Crippen molar-refractivity contribution in [2.75, 3.05) is 38.3 Å². The van der Waals surface area contributed by atoms with Gasteiger partial charge >= 0.3 is 0 Å². The van der Waals surface area contributed by atoms with E-state index < -0.39 is 16.1 Å². The Hall–Kier alpha value is -1.97. The number of nitrogens with zero attached hydrogens (tertiary/aromatic N) is 1. The fourth-order valence-corrected chi connectivity index (χ4v) is 2.92. The predicted octanol–water partition coefficient (Wildman–Crippen LogP) is 0.425. The Morgan fingerprint density at radius 2 is 2.12 bits per heavy atom. The van der Waals surface area contributed by atoms with Crippen molar-refractivity contribution in [3.8, 4) is 0 Å². The van der Waals surface area contributed by atoms with E-state index in [2.05, 4.69) is 10.0 Å². The number of sulfonamides is 1. The van der Waals surface area contributed by atoms with Crippen molar-refractivity contribution in [2.24, 2.45) is 0 Å². The molecule has 0 radical (unpaired) electrons. The first-order valence-electron chi connectivity index (χ1n) is 7.99. The Kier molecular flexibility index (Phi) is 6.51. The highest BCUT2D eigenvalue weighted by Crippen LogP contribution is 2.17. The molecule has 2 N–H and O–H groups in total. The van der Waals surface area contributed by atoms with Crippen LogP contribution >= 0.6 is 0 Å². The number of anilines is 1. The zero-order valence-corrected chi connectivity index (χ0v) is 15.1. The lowest BCUT2D eigenvalue weighted by atomic mass is 10.1. The first kappa shape index (κ1) is 19.4. The standard InChI is InChI=1S/C16H23N3O5S/c1-19(9-8-17-25(2,22)23)16(21)12-5-3-6-13(11-12)18-15(20)14-7-4-10-24-14/h3,5-6,11,14,17H,4,7-10H2,1-2H3,(H,18,20)/t14-/m1/s1. The lowest BCUT2D eigenvalue weighted by Crippen LogP contribution is -2.35. The first-order chi connectivity index (χ1) is 11.8. The van der Waals surface area contributed by atoms with Crippen molar-refractivity contribution in [3.05, 3.63) is 29.8 Å². The number of amides is 2. The minimum atomic E-state index is -3.29. The lowest BCUT2D eigenvalue weighted by molar-refractivity contribution is -0.124. The van der Waals surface area contributed by atoms with Crippen LogP contribution in [0.5, 0.6) is 0 Å². The van der Waals surface area contributed by atoms with Crippen molar-refractivity contribution >= 4 is 27.5 Å². The number of hydrogen-bond acceptors (Lipinski definition) is 5. The van der Waals surface area contributed by atoms with E-state index in [0.717, 1.165) is 12.7 Å². The highest BCUT2D eigenvalue weighted by Gasteiger charge is 2.23. The maximum Gasteiger partial charge on any atom is 0.253 e. The number of benzene rings is 1. The SMILES string of the molecule is CN(CCNS(C)(=O)=O)C(=O)c1cccc(NC(=O)[C@H]2CCCO2)c1. The third-order valence-corrected chi connectivity index (χ3v) is 4.49. The zero-order chi connectivity index (χ0) is 18.4. The molecule has 1 saturated heterocycles. The molecular weight excluding hydrogens is 346 g/mol. The molecule has 0 spiro atoms. The average Bonchev–Trinajstić information content (AvgIpc) is 3.07. The van der Waals surface area contributed by atoms with Gasteiger partial charge in [-0.2, -0.15) is 0 Å². The van der Waals surface area contributed by atoms with Gasteiger partial charge in [0.2, 0.25) is 10.0 Å². The first-order valence-corrected chi connectivity index (χ1v) is 9.88. The molecule has 1 fully saturated rings. The van der Waals surface area contributed by atoms with Crippen LogP contribution in [0.25, 0.3) is 0 Å². The monoisotopic (exact) mass is 369 g/mol. The second kappa shape index (κ2) is 8.41. The molecule has 0 aromatic heterocycles. The Balaban J connectivity index is 1.94. The molecule has 1 aromatic rings. The molecule has 1 aromatic carbocycles. The maximum atomic E-state index is 12.4. The van der Waals surface area contributed by atoms with Crippen LogP contribution in [0.15, 0.2) is 24.3 Å². The second-order valence-electron chi connectivity index (χ2n) is 5.96. The third-order valence-electron chi connectivity index (χ3n) is 3.76. The molecule has 0 aliphatic carbocycles. The summed E-state index contributed by atoms with van der Waals surface area (Å²) in [5.41, 5.74) is 0.931. The van der Waals surface area contributed by atoms with Crippen molar-refractivity contribution in [3.63, 3.8) is 0 Å². The fraction of sp³-hybridized carbons (Fsp3) is 0.500. The van der Waals surface area contributed by atoms with Crippen LogP contribution in [-0.4, -0.2) is 64.2 Å². The third kappa shape index (κ3) is 6.11. The number of likely N-dealkylation sites (N-methyl/N-ethyl adjacent to an activating group) is 1. The zero-order valence-electron chi connectivity index (χ0n) is 14.3. The normalized spacial score (nSPS) is 17.3. The van der Waals surface area contributed by atoms with Gasteiger partial charge in [-0.25, -0.2) is 13.1 Å². The van der Waals surface area contributed by atoms with Gasteiger partial charge in [0.15, 0.2) is 0 Å². The van der Waals surface area contributed by atoms with Gasteiger partial charge in [-0.1, -0.05) is 6.07 Å². The van der Waals surface area contributed by atoms with Crippen molar-refractivity contribution in [2.45, 2.75) is 18.9 Å². The highest BCUT2D eigenvalue weighted by molar-refractivity contribution is 7.88. The van der Waals surface area contributed by atoms with Crippen LogP contribution in [0.2, 0.25) is 0 Å². The van der Waals surface area contributed by atoms with E-state index in [1.807, 2.05) is 0 Å². The summed E-state index contributed by atoms with van der Waals surface area (Å²) < 4.78 is 29.8. The van der Waals surface area contributed by atoms with Gasteiger partial charge in [-0.05, 0) is 31.0 Å². The molecule has 1 aliphatic rings. The molecule has 1 heterocycles. The molecule has 0 saturated carbocycles. The summed E-state index contributed by atoms with van der Waals surface area (Å²) >= 11 is 0. The van der Waals surface area contributed by atoms with Crippen LogP contribution in [0.3, 0.4) is 0 Å². The number of hydrogen-bond donors (Lipinski definition) is 2. The van der Waals surface area contributed by atoms with Gasteiger partial charge in [0.1, 0.15) is 6.10 Å². The summed E-state index contributed by atoms with van der Waals surface area (Å²) in [6, 6.07) is 6.62. The number of nitrogens with one attached hydrogen (secondary N) is 2. The fourth-order valence-electron chi connectivity index (χ4n) is 2.46. The van der Waals surface area contributed by atoms with Gasteiger partial charge in [-0.3, -0.25) is 9.59 Å². The molecule has 1 aliphatic heterocycles. The maximum absolute atomic E-state index is 12.4. The summed E-state index contributed by atoms with van der Waals surface area (Å²) in [5, 5.41) is 2.75. The molecule has 8 nitrogen and oxygen atoms in total. The van der Waals surface area contributed by atoms with Gasteiger partial charge in [0, 0.05) is 38.0 Å². The van der Waals surface area contributed by atoms with E-state index in [1.54, 1.807) is 31.3 Å². The van der Waals surface area contributed by atoms with Crippen LogP contribution < -0.4 is 10.0 Å². The quantitative estimate of drug-likeness (QED) is 0.725. The van der Waals surface area contributed by atoms with E-state index in [1.165, 1.54) is 4.90 Å². The lowest BCUT2D eigenvalue weighted by Gasteiger charge is -2.18. The molecule has 0 unspecified atom stereocenters. The van der Waals surface area contributed by atoms with Gasteiger partial charge in [-0.15, -0.1) is 0 Å². The van der Waals surface area contributed by atoms with Gasteiger partial charge < -0.3 is 15.0 Å². The van der Waals surface area contributed by atoms with Crippen LogP contribution in [0.4, 0.5) is 5.69 Å². The van der Waals surface area contributed by atoms with Crippen molar-refractivity contribution in [1.29, 1.82) is 0 Å². The van der Waals surface area contributed by atoms with Gasteiger partial charge in [0.05, 0.1) is 6.26 Å². The summed E-state index contributed by atoms with van der Waals surface area (Å²) in [5.74, 6) is -0.476. The van der Waals surface area contributed by atoms with E-state index in [0.29, 0.717) is 24.3 Å². The van der Waals surface area contributed by atoms with Crippen LogP contribution in [0.1, 0.15) is 23.2 Å². The molecule has 1 atom stereocenters. The average molecular weight is 369 g/mol.